The molecular weight excluding hydrogens is 284 g/mol. The molecular formula is C19H20N4. The maximum absolute atomic E-state index is 6.30. The lowest BCUT2D eigenvalue weighted by Crippen LogP contribution is -2.05. The van der Waals surface area contributed by atoms with Gasteiger partial charge in [-0.3, -0.25) is 9.55 Å². The molecule has 3 aromatic rings. The minimum absolute atomic E-state index is 0.788. The molecule has 23 heavy (non-hydrogen) atoms. The normalized spacial score (nSPS) is 11.3. The quantitative estimate of drug-likeness (QED) is 0.790. The first-order valence-electron chi connectivity index (χ1n) is 7.59. The Labute approximate surface area is 136 Å². The third-order valence-corrected chi connectivity index (χ3v) is 3.84. The Bertz CT molecular complexity index is 912. The van der Waals surface area contributed by atoms with Crippen molar-refractivity contribution in [2.24, 2.45) is 5.73 Å². The van der Waals surface area contributed by atoms with Crippen molar-refractivity contribution in [1.82, 2.24) is 14.5 Å². The van der Waals surface area contributed by atoms with E-state index in [1.165, 1.54) is 0 Å². The number of pyridine rings is 2. The Kier molecular flexibility index (Phi) is 3.98. The molecule has 4 nitrogen and oxygen atoms in total. The van der Waals surface area contributed by atoms with E-state index in [1.54, 1.807) is 6.20 Å². The Morgan fingerprint density at radius 2 is 2.04 bits per heavy atom. The van der Waals surface area contributed by atoms with Crippen LogP contribution in [0.3, 0.4) is 0 Å². The van der Waals surface area contributed by atoms with Gasteiger partial charge in [0.25, 0.3) is 0 Å². The summed E-state index contributed by atoms with van der Waals surface area (Å²) in [6, 6.07) is 6.08. The lowest BCUT2D eigenvalue weighted by molar-refractivity contribution is 1.03. The number of rotatable bonds is 3. The zero-order valence-corrected chi connectivity index (χ0v) is 13.6. The summed E-state index contributed by atoms with van der Waals surface area (Å²) in [6.07, 6.45) is 11.5. The number of hydrogen-bond donors (Lipinski definition) is 1. The molecule has 116 valence electrons. The first-order chi connectivity index (χ1) is 11.1. The molecule has 3 heterocycles. The molecule has 0 unspecified atom stereocenters. The molecule has 0 aliphatic carbocycles. The third-order valence-electron chi connectivity index (χ3n) is 3.84. The van der Waals surface area contributed by atoms with Gasteiger partial charge in [0.15, 0.2) is 0 Å². The lowest BCUT2D eigenvalue weighted by atomic mass is 10.0. The van der Waals surface area contributed by atoms with Gasteiger partial charge in [0.05, 0.1) is 11.7 Å². The molecule has 0 aromatic carbocycles. The van der Waals surface area contributed by atoms with E-state index >= 15 is 0 Å². The van der Waals surface area contributed by atoms with E-state index in [-0.39, 0.29) is 0 Å². The molecule has 0 atom stereocenters. The largest absolute Gasteiger partial charge is 0.398 e. The van der Waals surface area contributed by atoms with Gasteiger partial charge in [-0.15, -0.1) is 0 Å². The number of allylic oxidation sites excluding steroid dienone is 2. The molecule has 0 saturated heterocycles. The van der Waals surface area contributed by atoms with Crippen LogP contribution in [0.2, 0.25) is 0 Å². The molecule has 0 aliphatic heterocycles. The second-order valence-electron chi connectivity index (χ2n) is 5.66. The van der Waals surface area contributed by atoms with E-state index in [0.29, 0.717) is 0 Å². The van der Waals surface area contributed by atoms with E-state index in [1.807, 2.05) is 68.2 Å². The maximum Gasteiger partial charge on any atom is 0.137 e. The summed E-state index contributed by atoms with van der Waals surface area (Å²) < 4.78 is 2.03. The van der Waals surface area contributed by atoms with Crippen LogP contribution in [0.4, 0.5) is 0 Å². The Morgan fingerprint density at radius 3 is 2.78 bits per heavy atom. The molecule has 0 fully saturated rings. The lowest BCUT2D eigenvalue weighted by Gasteiger charge is -2.12. The molecule has 0 radical (unpaired) electrons. The summed E-state index contributed by atoms with van der Waals surface area (Å²) in [5, 5.41) is 1.14. The predicted molar refractivity (Wildman–Crippen MR) is 96.0 cm³/mol. The summed E-state index contributed by atoms with van der Waals surface area (Å²) in [5.41, 5.74) is 11.2. The van der Waals surface area contributed by atoms with Crippen molar-refractivity contribution in [3.63, 3.8) is 0 Å². The van der Waals surface area contributed by atoms with Gasteiger partial charge in [0.2, 0.25) is 0 Å². The van der Waals surface area contributed by atoms with Crippen molar-refractivity contribution in [2.45, 2.75) is 20.8 Å². The van der Waals surface area contributed by atoms with Crippen LogP contribution in [0.15, 0.2) is 54.6 Å². The van der Waals surface area contributed by atoms with Crippen LogP contribution in [-0.4, -0.2) is 14.5 Å². The fourth-order valence-electron chi connectivity index (χ4n) is 2.58. The maximum atomic E-state index is 6.30. The summed E-state index contributed by atoms with van der Waals surface area (Å²) >= 11 is 0. The molecule has 3 aromatic heterocycles. The fraction of sp³-hybridized carbons (Fsp3) is 0.158. The molecule has 0 amide bonds. The van der Waals surface area contributed by atoms with Crippen LogP contribution >= 0.6 is 0 Å². The van der Waals surface area contributed by atoms with Crippen molar-refractivity contribution in [3.8, 4) is 5.82 Å². The first-order valence-corrected chi connectivity index (χ1v) is 7.59. The number of hydrogen-bond acceptors (Lipinski definition) is 3. The van der Waals surface area contributed by atoms with Crippen molar-refractivity contribution >= 4 is 22.7 Å². The standard InChI is InChI=1S/C19H20N4/c1-4-5-15-11-22-18(10-16(15)19(20)13(2)3)23-9-7-14-6-8-21-12-17(14)23/h4-12H,20H2,1-3H3/b5-4-. The Balaban J connectivity index is 2.22. The van der Waals surface area contributed by atoms with Gasteiger partial charge in [-0.2, -0.15) is 0 Å². The topological polar surface area (TPSA) is 56.7 Å². The zero-order valence-electron chi connectivity index (χ0n) is 13.6. The highest BCUT2D eigenvalue weighted by molar-refractivity contribution is 5.81. The molecule has 4 heteroatoms. The van der Waals surface area contributed by atoms with Crippen LogP contribution in [0, 0.1) is 0 Å². The van der Waals surface area contributed by atoms with Gasteiger partial charge >= 0.3 is 0 Å². The molecule has 0 bridgehead atoms. The van der Waals surface area contributed by atoms with E-state index in [0.717, 1.165) is 39.1 Å². The van der Waals surface area contributed by atoms with E-state index < -0.39 is 0 Å². The van der Waals surface area contributed by atoms with Crippen LogP contribution in [0.1, 0.15) is 31.9 Å². The zero-order chi connectivity index (χ0) is 16.4. The van der Waals surface area contributed by atoms with Gasteiger partial charge in [0, 0.05) is 40.8 Å². The minimum atomic E-state index is 0.788. The van der Waals surface area contributed by atoms with E-state index in [4.69, 9.17) is 5.73 Å². The first kappa shape index (κ1) is 15.0. The summed E-state index contributed by atoms with van der Waals surface area (Å²) in [4.78, 5) is 8.81. The van der Waals surface area contributed by atoms with Crippen molar-refractivity contribution in [2.75, 3.05) is 0 Å². The number of nitrogens with two attached hydrogens (primary N) is 1. The van der Waals surface area contributed by atoms with Crippen molar-refractivity contribution < 1.29 is 0 Å². The van der Waals surface area contributed by atoms with E-state index in [2.05, 4.69) is 16.0 Å². The highest BCUT2D eigenvalue weighted by atomic mass is 15.1. The summed E-state index contributed by atoms with van der Waals surface area (Å²) in [7, 11) is 0. The second kappa shape index (κ2) is 6.08. The fourth-order valence-corrected chi connectivity index (χ4v) is 2.58. The van der Waals surface area contributed by atoms with Gasteiger partial charge in [0.1, 0.15) is 5.82 Å². The summed E-state index contributed by atoms with van der Waals surface area (Å²) in [6.45, 7) is 6.02. The average Bonchev–Trinajstić information content (AvgIpc) is 2.99. The molecule has 0 saturated carbocycles. The molecule has 0 aliphatic rings. The van der Waals surface area contributed by atoms with Gasteiger partial charge in [-0.1, -0.05) is 17.7 Å². The Morgan fingerprint density at radius 1 is 1.22 bits per heavy atom. The van der Waals surface area contributed by atoms with E-state index in [9.17, 15) is 0 Å². The average molecular weight is 304 g/mol. The van der Waals surface area contributed by atoms with Crippen molar-refractivity contribution in [1.29, 1.82) is 0 Å². The third kappa shape index (κ3) is 2.75. The Hall–Kier alpha value is -2.88. The monoisotopic (exact) mass is 304 g/mol. The van der Waals surface area contributed by atoms with Crippen LogP contribution in [-0.2, 0) is 0 Å². The van der Waals surface area contributed by atoms with Gasteiger partial charge in [-0.05, 0) is 39.0 Å². The molecule has 0 spiro atoms. The number of nitrogens with zero attached hydrogens (tertiary/aromatic N) is 3. The molecule has 2 N–H and O–H groups in total. The predicted octanol–water partition coefficient (Wildman–Crippen LogP) is 4.16. The number of aromatic nitrogens is 3. The minimum Gasteiger partial charge on any atom is -0.398 e. The van der Waals surface area contributed by atoms with Crippen LogP contribution < -0.4 is 5.73 Å². The second-order valence-corrected chi connectivity index (χ2v) is 5.66. The molecule has 3 rings (SSSR count). The SMILES string of the molecule is C/C=C\c1cnc(-n2ccc3ccncc32)cc1C(N)=C(C)C. The van der Waals surface area contributed by atoms with Crippen LogP contribution in [0.25, 0.3) is 28.5 Å². The number of fused-ring (bicyclic) bond motifs is 1. The highest BCUT2D eigenvalue weighted by Gasteiger charge is 2.10. The van der Waals surface area contributed by atoms with Gasteiger partial charge < -0.3 is 5.73 Å². The smallest absolute Gasteiger partial charge is 0.137 e. The summed E-state index contributed by atoms with van der Waals surface area (Å²) in [5.74, 6) is 0.834. The van der Waals surface area contributed by atoms with Crippen molar-refractivity contribution in [3.05, 3.63) is 65.8 Å². The van der Waals surface area contributed by atoms with Crippen LogP contribution in [0.5, 0.6) is 0 Å². The highest BCUT2D eigenvalue weighted by Crippen LogP contribution is 2.24. The van der Waals surface area contributed by atoms with Gasteiger partial charge in [-0.25, -0.2) is 4.98 Å².